The van der Waals surface area contributed by atoms with Crippen molar-refractivity contribution < 1.29 is 32.4 Å². The zero-order valence-electron chi connectivity index (χ0n) is 16.4. The summed E-state index contributed by atoms with van der Waals surface area (Å²) in [5.41, 5.74) is -1.23. The molecular weight excluding hydrogens is 277 g/mol. The van der Waals surface area contributed by atoms with Gasteiger partial charge in [-0.1, -0.05) is 12.1 Å². The third-order valence-corrected chi connectivity index (χ3v) is 2.42. The third-order valence-electron chi connectivity index (χ3n) is 2.42. The number of halogens is 1. The number of carbonyl (C=O) groups excluding carboxylic acids is 1. The number of pyridine rings is 1. The normalized spacial score (nSPS) is 15.1. The van der Waals surface area contributed by atoms with Crippen molar-refractivity contribution in [3.63, 3.8) is 0 Å². The molecule has 6 heteroatoms. The molecular formula is C15H12FNO4. The second-order valence-corrected chi connectivity index (χ2v) is 3.86. The van der Waals surface area contributed by atoms with E-state index < -0.39 is 71.5 Å². The largest absolute Gasteiger partial charge is 0.506 e. The molecule has 0 bridgehead atoms. The number of aromatic nitrogens is 1. The SMILES string of the molecule is [2H]c1c([2H])c(F)c([2H])c(-c2cnc(C(=O)CC([2H])([2H])C(=O)O)c(O)c2)c1[2H]. The Hall–Kier alpha value is -2.76. The van der Waals surface area contributed by atoms with Crippen molar-refractivity contribution in [2.45, 2.75) is 12.8 Å². The highest BCUT2D eigenvalue weighted by atomic mass is 19.1. The van der Waals surface area contributed by atoms with E-state index >= 15 is 0 Å². The van der Waals surface area contributed by atoms with Crippen LogP contribution in [0, 0.1) is 5.82 Å². The highest BCUT2D eigenvalue weighted by molar-refractivity contribution is 5.98. The first-order valence-corrected chi connectivity index (χ1v) is 5.60. The minimum Gasteiger partial charge on any atom is -0.506 e. The van der Waals surface area contributed by atoms with Crippen molar-refractivity contribution in [1.82, 2.24) is 4.98 Å². The van der Waals surface area contributed by atoms with E-state index in [1.165, 1.54) is 0 Å². The summed E-state index contributed by atoms with van der Waals surface area (Å²) in [6.07, 6.45) is -3.06. The number of carbonyl (C=O) groups is 2. The van der Waals surface area contributed by atoms with Gasteiger partial charge in [-0.25, -0.2) is 9.37 Å². The van der Waals surface area contributed by atoms with Crippen LogP contribution < -0.4 is 0 Å². The van der Waals surface area contributed by atoms with Crippen LogP contribution in [0.2, 0.25) is 0 Å². The number of carboxylic acid groups (broad SMARTS) is 1. The smallest absolute Gasteiger partial charge is 0.303 e. The van der Waals surface area contributed by atoms with Crippen molar-refractivity contribution in [2.75, 3.05) is 0 Å². The van der Waals surface area contributed by atoms with Gasteiger partial charge < -0.3 is 10.2 Å². The molecule has 0 unspecified atom stereocenters. The lowest BCUT2D eigenvalue weighted by Gasteiger charge is -2.06. The van der Waals surface area contributed by atoms with Gasteiger partial charge in [-0.05, 0) is 23.7 Å². The van der Waals surface area contributed by atoms with E-state index in [2.05, 4.69) is 4.98 Å². The Labute approximate surface area is 128 Å². The van der Waals surface area contributed by atoms with Crippen LogP contribution in [0.5, 0.6) is 5.75 Å². The summed E-state index contributed by atoms with van der Waals surface area (Å²) in [6, 6.07) is -2.33. The molecule has 0 fully saturated rings. The maximum atomic E-state index is 13.9. The number of aromatic hydroxyl groups is 1. The Morgan fingerprint density at radius 3 is 2.81 bits per heavy atom. The fourth-order valence-electron chi connectivity index (χ4n) is 1.51. The van der Waals surface area contributed by atoms with Gasteiger partial charge in [-0.2, -0.15) is 0 Å². The molecule has 21 heavy (non-hydrogen) atoms. The van der Waals surface area contributed by atoms with E-state index in [4.69, 9.17) is 13.3 Å². The number of aliphatic carboxylic acids is 1. The lowest BCUT2D eigenvalue weighted by atomic mass is 10.1. The minimum absolute atomic E-state index is 0.173. The van der Waals surface area contributed by atoms with Gasteiger partial charge in [0.05, 0.1) is 11.9 Å². The topological polar surface area (TPSA) is 87.5 Å². The monoisotopic (exact) mass is 295 g/mol. The van der Waals surface area contributed by atoms with Crippen LogP contribution in [0.1, 0.15) is 31.5 Å². The Bertz CT molecular complexity index is 937. The zero-order chi connectivity index (χ0) is 20.7. The van der Waals surface area contributed by atoms with Crippen LogP contribution >= 0.6 is 0 Å². The van der Waals surface area contributed by atoms with Gasteiger partial charge in [0.15, 0.2) is 5.78 Å². The van der Waals surface area contributed by atoms with Crippen molar-refractivity contribution >= 4 is 11.8 Å². The molecule has 2 N–H and O–H groups in total. The first-order chi connectivity index (χ1) is 12.4. The van der Waals surface area contributed by atoms with Crippen LogP contribution in [0.25, 0.3) is 11.1 Å². The number of ketones is 1. The molecule has 0 aliphatic rings. The number of carboxylic acids is 1. The Morgan fingerprint density at radius 1 is 1.38 bits per heavy atom. The Balaban J connectivity index is 2.50. The minimum atomic E-state index is -2.88. The maximum absolute atomic E-state index is 13.9. The van der Waals surface area contributed by atoms with E-state index in [1.807, 2.05) is 0 Å². The molecule has 0 saturated carbocycles. The Kier molecular flexibility index (Phi) is 2.48. The number of Topliss-reactive ketones (excluding diaryl/α,β-unsaturated/α-hetero) is 1. The van der Waals surface area contributed by atoms with Crippen molar-refractivity contribution in [2.24, 2.45) is 0 Å². The summed E-state index contributed by atoms with van der Waals surface area (Å²) >= 11 is 0. The molecule has 1 aromatic carbocycles. The first kappa shape index (κ1) is 8.51. The average Bonchev–Trinajstić information content (AvgIpc) is 2.58. The molecule has 0 saturated heterocycles. The van der Waals surface area contributed by atoms with Gasteiger partial charge in [0.1, 0.15) is 17.3 Å². The van der Waals surface area contributed by atoms with Crippen LogP contribution in [0.3, 0.4) is 0 Å². The predicted octanol–water partition coefficient (Wildman–Crippen LogP) is 2.64. The number of benzene rings is 1. The van der Waals surface area contributed by atoms with Gasteiger partial charge in [0.2, 0.25) is 0 Å². The quantitative estimate of drug-likeness (QED) is 0.828. The maximum Gasteiger partial charge on any atom is 0.303 e. The van der Waals surface area contributed by atoms with E-state index in [1.54, 1.807) is 0 Å². The highest BCUT2D eigenvalue weighted by Crippen LogP contribution is 2.26. The molecule has 5 nitrogen and oxygen atoms in total. The highest BCUT2D eigenvalue weighted by Gasteiger charge is 2.15. The second-order valence-electron chi connectivity index (χ2n) is 3.86. The number of hydrogen-bond donors (Lipinski definition) is 2. The fraction of sp³-hybridized carbons (Fsp3) is 0.133. The molecule has 108 valence electrons. The molecule has 0 spiro atoms. The van der Waals surface area contributed by atoms with Gasteiger partial charge >= 0.3 is 5.97 Å². The van der Waals surface area contributed by atoms with Crippen LogP contribution in [0.4, 0.5) is 4.39 Å². The number of nitrogens with zero attached hydrogens (tertiary/aromatic N) is 1. The molecule has 0 aliphatic heterocycles. The van der Waals surface area contributed by atoms with E-state index in [-0.39, 0.29) is 5.56 Å². The molecule has 0 aliphatic carbocycles. The molecule has 0 atom stereocenters. The third kappa shape index (κ3) is 3.62. The van der Waals surface area contributed by atoms with Crippen molar-refractivity contribution in [3.8, 4) is 16.9 Å². The van der Waals surface area contributed by atoms with Gasteiger partial charge in [0, 0.05) is 20.9 Å². The standard InChI is InChI=1S/C15H12FNO4/c16-11-3-1-2-9(6-11)10-7-13(19)15(17-8-10)12(18)4-5-14(20)21/h1-3,6-8,19H,4-5H2,(H,20,21)/i1D,2D,3D,5D2,6D. The van der Waals surface area contributed by atoms with Gasteiger partial charge in [-0.15, -0.1) is 0 Å². The zero-order valence-corrected chi connectivity index (χ0v) is 10.4. The van der Waals surface area contributed by atoms with Gasteiger partial charge in [0.25, 0.3) is 0 Å². The van der Waals surface area contributed by atoms with Crippen molar-refractivity contribution in [1.29, 1.82) is 0 Å². The van der Waals surface area contributed by atoms with Crippen LogP contribution in [0.15, 0.2) is 36.4 Å². The Morgan fingerprint density at radius 2 is 2.14 bits per heavy atom. The fourth-order valence-corrected chi connectivity index (χ4v) is 1.51. The summed E-state index contributed by atoms with van der Waals surface area (Å²) in [5.74, 6) is -5.09. The lowest BCUT2D eigenvalue weighted by Crippen LogP contribution is -2.06. The summed E-state index contributed by atoms with van der Waals surface area (Å²) in [6.45, 7) is 0. The molecule has 2 rings (SSSR count). The molecule has 1 heterocycles. The van der Waals surface area contributed by atoms with E-state index in [0.29, 0.717) is 0 Å². The number of rotatable bonds is 5. The molecule has 1 aromatic heterocycles. The lowest BCUT2D eigenvalue weighted by molar-refractivity contribution is -0.136. The first-order valence-electron chi connectivity index (χ1n) is 8.60. The predicted molar refractivity (Wildman–Crippen MR) is 72.5 cm³/mol. The van der Waals surface area contributed by atoms with E-state index in [0.717, 1.165) is 12.3 Å². The summed E-state index contributed by atoms with van der Waals surface area (Å²) < 4.78 is 58.7. The average molecular weight is 295 g/mol. The summed E-state index contributed by atoms with van der Waals surface area (Å²) in [4.78, 5) is 26.4. The van der Waals surface area contributed by atoms with Crippen LogP contribution in [-0.2, 0) is 4.79 Å². The van der Waals surface area contributed by atoms with Crippen LogP contribution in [-0.4, -0.2) is 26.9 Å². The van der Waals surface area contributed by atoms with Crippen molar-refractivity contribution in [3.05, 3.63) is 47.9 Å². The van der Waals surface area contributed by atoms with E-state index in [9.17, 15) is 19.1 Å². The van der Waals surface area contributed by atoms with Gasteiger partial charge in [-0.3, -0.25) is 9.59 Å². The second kappa shape index (κ2) is 6.13. The molecule has 2 aromatic rings. The molecule has 0 amide bonds. The number of hydrogen-bond acceptors (Lipinski definition) is 4. The summed E-state index contributed by atoms with van der Waals surface area (Å²) in [5, 5.41) is 18.7. The summed E-state index contributed by atoms with van der Waals surface area (Å²) in [7, 11) is 0. The molecule has 0 radical (unpaired) electrons.